The third-order valence-corrected chi connectivity index (χ3v) is 3.23. The summed E-state index contributed by atoms with van der Waals surface area (Å²) in [5.74, 6) is 1.39. The van der Waals surface area contributed by atoms with Gasteiger partial charge in [-0.05, 0) is 13.0 Å². The number of nitrogens with one attached hydrogen (secondary N) is 1. The molecular formula is C15H20N4O2. The van der Waals surface area contributed by atoms with Crippen LogP contribution in [0.5, 0.6) is 5.75 Å². The summed E-state index contributed by atoms with van der Waals surface area (Å²) >= 11 is 0. The highest BCUT2D eigenvalue weighted by Gasteiger charge is 2.20. The number of ether oxygens (including phenoxy) is 1. The van der Waals surface area contributed by atoms with E-state index in [9.17, 15) is 4.79 Å². The number of methoxy groups -OCH3 is 1. The van der Waals surface area contributed by atoms with Crippen molar-refractivity contribution in [1.82, 2.24) is 14.7 Å². The number of aromatic nitrogens is 2. The molecule has 0 spiro atoms. The van der Waals surface area contributed by atoms with Gasteiger partial charge in [-0.2, -0.15) is 5.10 Å². The molecule has 0 bridgehead atoms. The highest BCUT2D eigenvalue weighted by atomic mass is 16.5. The van der Waals surface area contributed by atoms with Gasteiger partial charge in [-0.15, -0.1) is 0 Å². The second kappa shape index (κ2) is 5.87. The Labute approximate surface area is 124 Å². The van der Waals surface area contributed by atoms with Crippen molar-refractivity contribution in [2.45, 2.75) is 6.92 Å². The Morgan fingerprint density at radius 1 is 1.33 bits per heavy atom. The number of nitrogens with zero attached hydrogens (tertiary/aromatic N) is 3. The van der Waals surface area contributed by atoms with Crippen molar-refractivity contribution in [2.75, 3.05) is 26.5 Å². The van der Waals surface area contributed by atoms with Gasteiger partial charge in [0.2, 0.25) is 0 Å². The lowest BCUT2D eigenvalue weighted by molar-refractivity contribution is 0.230. The number of benzene rings is 1. The molecule has 1 aromatic carbocycles. The summed E-state index contributed by atoms with van der Waals surface area (Å²) in [6.07, 6.45) is 0. The van der Waals surface area contributed by atoms with Crippen LogP contribution >= 0.6 is 0 Å². The van der Waals surface area contributed by atoms with E-state index in [1.165, 1.54) is 4.90 Å². The quantitative estimate of drug-likeness (QED) is 0.944. The van der Waals surface area contributed by atoms with E-state index in [-0.39, 0.29) is 6.03 Å². The molecule has 1 aromatic heterocycles. The van der Waals surface area contributed by atoms with Crippen molar-refractivity contribution in [3.63, 3.8) is 0 Å². The SMILES string of the molecule is COc1ccccc1-c1c(C)nn(C)c1NC(=O)N(C)C. The summed E-state index contributed by atoms with van der Waals surface area (Å²) in [7, 11) is 6.82. The lowest BCUT2D eigenvalue weighted by atomic mass is 10.0. The molecule has 0 aliphatic rings. The molecule has 6 nitrogen and oxygen atoms in total. The first-order valence-corrected chi connectivity index (χ1v) is 6.61. The molecule has 21 heavy (non-hydrogen) atoms. The molecule has 112 valence electrons. The van der Waals surface area contributed by atoms with Crippen LogP contribution in [0, 0.1) is 6.92 Å². The number of aryl methyl sites for hydroxylation is 2. The highest BCUT2D eigenvalue weighted by molar-refractivity contribution is 5.94. The molecule has 0 saturated heterocycles. The van der Waals surface area contributed by atoms with Gasteiger partial charge in [0.25, 0.3) is 0 Å². The van der Waals surface area contributed by atoms with Gasteiger partial charge >= 0.3 is 6.03 Å². The van der Waals surface area contributed by atoms with Gasteiger partial charge in [0.1, 0.15) is 11.6 Å². The first-order chi connectivity index (χ1) is 9.95. The fourth-order valence-corrected chi connectivity index (χ4v) is 2.19. The van der Waals surface area contributed by atoms with Crippen LogP contribution < -0.4 is 10.1 Å². The summed E-state index contributed by atoms with van der Waals surface area (Å²) in [6, 6.07) is 7.48. The molecule has 1 heterocycles. The molecule has 2 rings (SSSR count). The zero-order chi connectivity index (χ0) is 15.6. The van der Waals surface area contributed by atoms with Crippen molar-refractivity contribution < 1.29 is 9.53 Å². The summed E-state index contributed by atoms with van der Waals surface area (Å²) < 4.78 is 7.08. The molecule has 1 N–H and O–H groups in total. The number of hydrogen-bond donors (Lipinski definition) is 1. The lowest BCUT2D eigenvalue weighted by Gasteiger charge is -2.15. The van der Waals surface area contributed by atoms with E-state index in [4.69, 9.17) is 4.74 Å². The molecule has 0 aliphatic carbocycles. The Morgan fingerprint density at radius 3 is 2.62 bits per heavy atom. The predicted molar refractivity (Wildman–Crippen MR) is 82.6 cm³/mol. The van der Waals surface area contributed by atoms with Gasteiger partial charge in [-0.1, -0.05) is 18.2 Å². The zero-order valence-electron chi connectivity index (χ0n) is 13.0. The van der Waals surface area contributed by atoms with Crippen molar-refractivity contribution >= 4 is 11.8 Å². The molecule has 0 saturated carbocycles. The number of para-hydroxylation sites is 1. The van der Waals surface area contributed by atoms with Crippen LogP contribution in [0.2, 0.25) is 0 Å². The number of urea groups is 1. The Bertz CT molecular complexity index is 662. The number of carbonyl (C=O) groups excluding carboxylic acids is 1. The first-order valence-electron chi connectivity index (χ1n) is 6.61. The van der Waals surface area contributed by atoms with Gasteiger partial charge in [0.15, 0.2) is 0 Å². The fraction of sp³-hybridized carbons (Fsp3) is 0.333. The molecule has 0 fully saturated rings. The molecule has 2 aromatic rings. The maximum absolute atomic E-state index is 12.0. The van der Waals surface area contributed by atoms with Gasteiger partial charge < -0.3 is 9.64 Å². The van der Waals surface area contributed by atoms with E-state index in [0.29, 0.717) is 5.82 Å². The first kappa shape index (κ1) is 14.9. The third-order valence-electron chi connectivity index (χ3n) is 3.23. The van der Waals surface area contributed by atoms with Crippen LogP contribution in [0.3, 0.4) is 0 Å². The number of hydrogen-bond acceptors (Lipinski definition) is 3. The van der Waals surface area contributed by atoms with Crippen molar-refractivity contribution in [2.24, 2.45) is 7.05 Å². The minimum Gasteiger partial charge on any atom is -0.496 e. The van der Waals surface area contributed by atoms with Crippen LogP contribution in [0.4, 0.5) is 10.6 Å². The molecule has 0 radical (unpaired) electrons. The minimum absolute atomic E-state index is 0.200. The molecular weight excluding hydrogens is 268 g/mol. The van der Waals surface area contributed by atoms with Crippen LogP contribution in [-0.2, 0) is 7.05 Å². The molecule has 0 unspecified atom stereocenters. The van der Waals surface area contributed by atoms with E-state index < -0.39 is 0 Å². The van der Waals surface area contributed by atoms with Crippen LogP contribution in [-0.4, -0.2) is 41.9 Å². The van der Waals surface area contributed by atoms with Gasteiger partial charge in [-0.25, -0.2) is 4.79 Å². The molecule has 0 atom stereocenters. The van der Waals surface area contributed by atoms with Crippen molar-refractivity contribution in [1.29, 1.82) is 0 Å². The summed E-state index contributed by atoms with van der Waals surface area (Å²) in [5.41, 5.74) is 2.60. The largest absolute Gasteiger partial charge is 0.496 e. The van der Waals surface area contributed by atoms with E-state index >= 15 is 0 Å². The van der Waals surface area contributed by atoms with Gasteiger partial charge in [0.05, 0.1) is 18.4 Å². The number of anilines is 1. The maximum atomic E-state index is 12.0. The van der Waals surface area contributed by atoms with Crippen molar-refractivity contribution in [3.8, 4) is 16.9 Å². The summed E-state index contributed by atoms with van der Waals surface area (Å²) in [4.78, 5) is 13.4. The minimum atomic E-state index is -0.200. The van der Waals surface area contributed by atoms with Gasteiger partial charge in [0, 0.05) is 26.7 Å². The number of carbonyl (C=O) groups is 1. The third kappa shape index (κ3) is 2.84. The van der Waals surface area contributed by atoms with Crippen LogP contribution in [0.15, 0.2) is 24.3 Å². The second-order valence-electron chi connectivity index (χ2n) is 4.96. The van der Waals surface area contributed by atoms with E-state index in [1.54, 1.807) is 32.9 Å². The average molecular weight is 288 g/mol. The van der Waals surface area contributed by atoms with Gasteiger partial charge in [-0.3, -0.25) is 10.00 Å². The number of rotatable bonds is 3. The van der Waals surface area contributed by atoms with Crippen molar-refractivity contribution in [3.05, 3.63) is 30.0 Å². The topological polar surface area (TPSA) is 59.4 Å². The van der Waals surface area contributed by atoms with E-state index in [2.05, 4.69) is 10.4 Å². The predicted octanol–water partition coefficient (Wildman–Crippen LogP) is 2.50. The summed E-state index contributed by atoms with van der Waals surface area (Å²) in [6.45, 7) is 1.91. The Balaban J connectivity index is 2.56. The second-order valence-corrected chi connectivity index (χ2v) is 4.96. The Hall–Kier alpha value is -2.50. The van der Waals surface area contributed by atoms with Crippen LogP contribution in [0.1, 0.15) is 5.69 Å². The zero-order valence-corrected chi connectivity index (χ0v) is 13.0. The number of amides is 2. The smallest absolute Gasteiger partial charge is 0.322 e. The molecule has 0 aliphatic heterocycles. The molecule has 2 amide bonds. The summed E-state index contributed by atoms with van der Waals surface area (Å²) in [5, 5.41) is 7.28. The lowest BCUT2D eigenvalue weighted by Crippen LogP contribution is -2.28. The standard InChI is InChI=1S/C15H20N4O2/c1-10-13(11-8-6-7-9-12(11)21-5)14(19(4)17-10)16-15(20)18(2)3/h6-9H,1-5H3,(H,16,20). The Kier molecular flexibility index (Phi) is 4.16. The highest BCUT2D eigenvalue weighted by Crippen LogP contribution is 2.37. The van der Waals surface area contributed by atoms with E-state index in [1.807, 2.05) is 31.2 Å². The fourth-order valence-electron chi connectivity index (χ4n) is 2.19. The van der Waals surface area contributed by atoms with Crippen LogP contribution in [0.25, 0.3) is 11.1 Å². The van der Waals surface area contributed by atoms with E-state index in [0.717, 1.165) is 22.6 Å². The monoisotopic (exact) mass is 288 g/mol. The maximum Gasteiger partial charge on any atom is 0.322 e. The average Bonchev–Trinajstić information content (AvgIpc) is 2.73. The molecule has 6 heteroatoms. The normalized spacial score (nSPS) is 10.3. The Morgan fingerprint density at radius 2 is 2.00 bits per heavy atom.